The standard InChI is InChI=1S/C10H16N2O2/c1-8(11)7-10(13)12-5-4-9-3-2-6-14-9/h2-3,6,8H,4-5,7,11H2,1H3,(H,12,13). The van der Waals surface area contributed by atoms with Crippen LogP contribution in [0.25, 0.3) is 0 Å². The Morgan fingerprint density at radius 1 is 1.71 bits per heavy atom. The van der Waals surface area contributed by atoms with E-state index < -0.39 is 0 Å². The van der Waals surface area contributed by atoms with Crippen molar-refractivity contribution in [3.05, 3.63) is 24.2 Å². The molecule has 0 radical (unpaired) electrons. The van der Waals surface area contributed by atoms with Gasteiger partial charge in [0.05, 0.1) is 6.26 Å². The molecule has 0 aromatic carbocycles. The Kier molecular flexibility index (Phi) is 4.19. The van der Waals surface area contributed by atoms with Crippen LogP contribution >= 0.6 is 0 Å². The van der Waals surface area contributed by atoms with Crippen LogP contribution in [0.15, 0.2) is 22.8 Å². The summed E-state index contributed by atoms with van der Waals surface area (Å²) in [6.07, 6.45) is 2.72. The highest BCUT2D eigenvalue weighted by molar-refractivity contribution is 5.76. The minimum Gasteiger partial charge on any atom is -0.469 e. The molecule has 0 fully saturated rings. The Bertz CT molecular complexity index is 268. The maximum Gasteiger partial charge on any atom is 0.221 e. The topological polar surface area (TPSA) is 68.3 Å². The molecule has 0 bridgehead atoms. The van der Waals surface area contributed by atoms with Gasteiger partial charge in [-0.25, -0.2) is 0 Å². The molecule has 0 aliphatic carbocycles. The van der Waals surface area contributed by atoms with Crippen molar-refractivity contribution in [2.45, 2.75) is 25.8 Å². The lowest BCUT2D eigenvalue weighted by Crippen LogP contribution is -2.31. The van der Waals surface area contributed by atoms with Crippen molar-refractivity contribution in [1.29, 1.82) is 0 Å². The zero-order valence-electron chi connectivity index (χ0n) is 8.32. The van der Waals surface area contributed by atoms with Crippen LogP contribution in [0, 0.1) is 0 Å². The summed E-state index contributed by atoms with van der Waals surface area (Å²) in [6.45, 7) is 2.41. The van der Waals surface area contributed by atoms with E-state index >= 15 is 0 Å². The molecule has 1 rings (SSSR count). The summed E-state index contributed by atoms with van der Waals surface area (Å²) in [7, 11) is 0. The lowest BCUT2D eigenvalue weighted by atomic mass is 10.2. The van der Waals surface area contributed by atoms with Crippen molar-refractivity contribution in [2.75, 3.05) is 6.54 Å². The van der Waals surface area contributed by atoms with Crippen LogP contribution in [0.1, 0.15) is 19.1 Å². The third-order valence-corrected chi connectivity index (χ3v) is 1.78. The molecule has 14 heavy (non-hydrogen) atoms. The van der Waals surface area contributed by atoms with E-state index in [4.69, 9.17) is 10.2 Å². The summed E-state index contributed by atoms with van der Waals surface area (Å²) in [6, 6.07) is 3.63. The van der Waals surface area contributed by atoms with Crippen LogP contribution in [0.2, 0.25) is 0 Å². The summed E-state index contributed by atoms with van der Waals surface area (Å²) in [5, 5.41) is 2.77. The van der Waals surface area contributed by atoms with Crippen LogP contribution in [0.3, 0.4) is 0 Å². The van der Waals surface area contributed by atoms with Gasteiger partial charge in [-0.2, -0.15) is 0 Å². The molecule has 0 spiro atoms. The molecule has 0 aliphatic rings. The van der Waals surface area contributed by atoms with Gasteiger partial charge in [-0.1, -0.05) is 0 Å². The zero-order valence-corrected chi connectivity index (χ0v) is 8.32. The maximum absolute atomic E-state index is 11.2. The van der Waals surface area contributed by atoms with Gasteiger partial charge in [0.25, 0.3) is 0 Å². The molecule has 1 unspecified atom stereocenters. The van der Waals surface area contributed by atoms with Crippen LogP contribution in [-0.2, 0) is 11.2 Å². The van der Waals surface area contributed by atoms with Crippen molar-refractivity contribution in [1.82, 2.24) is 5.32 Å². The van der Waals surface area contributed by atoms with Crippen LogP contribution in [0.4, 0.5) is 0 Å². The highest BCUT2D eigenvalue weighted by Gasteiger charge is 2.04. The smallest absolute Gasteiger partial charge is 0.221 e. The Morgan fingerprint density at radius 2 is 2.50 bits per heavy atom. The van der Waals surface area contributed by atoms with Crippen molar-refractivity contribution >= 4 is 5.91 Å². The molecule has 4 heteroatoms. The number of hydrogen-bond donors (Lipinski definition) is 2. The van der Waals surface area contributed by atoms with Gasteiger partial charge in [-0.15, -0.1) is 0 Å². The first-order valence-corrected chi connectivity index (χ1v) is 4.73. The van der Waals surface area contributed by atoms with Crippen molar-refractivity contribution in [3.8, 4) is 0 Å². The van der Waals surface area contributed by atoms with Gasteiger partial charge in [-0.3, -0.25) is 4.79 Å². The second-order valence-corrected chi connectivity index (χ2v) is 3.36. The molecule has 1 amide bonds. The van der Waals surface area contributed by atoms with Crippen LogP contribution in [-0.4, -0.2) is 18.5 Å². The number of carbonyl (C=O) groups excluding carboxylic acids is 1. The summed E-state index contributed by atoms with van der Waals surface area (Å²) >= 11 is 0. The summed E-state index contributed by atoms with van der Waals surface area (Å²) in [5.41, 5.74) is 5.48. The number of amides is 1. The molecular formula is C10H16N2O2. The van der Waals surface area contributed by atoms with Crippen molar-refractivity contribution in [3.63, 3.8) is 0 Å². The number of rotatable bonds is 5. The van der Waals surface area contributed by atoms with Gasteiger partial charge in [0.15, 0.2) is 0 Å². The van der Waals surface area contributed by atoms with Gasteiger partial charge in [0.2, 0.25) is 5.91 Å². The first-order valence-electron chi connectivity index (χ1n) is 4.73. The lowest BCUT2D eigenvalue weighted by molar-refractivity contribution is -0.121. The van der Waals surface area contributed by atoms with E-state index in [1.807, 2.05) is 19.1 Å². The van der Waals surface area contributed by atoms with Crippen LogP contribution < -0.4 is 11.1 Å². The monoisotopic (exact) mass is 196 g/mol. The molecule has 0 saturated heterocycles. The largest absolute Gasteiger partial charge is 0.469 e. The number of carbonyl (C=O) groups is 1. The molecule has 1 atom stereocenters. The highest BCUT2D eigenvalue weighted by atomic mass is 16.3. The summed E-state index contributed by atoms with van der Waals surface area (Å²) < 4.78 is 5.12. The molecule has 1 heterocycles. The summed E-state index contributed by atoms with van der Waals surface area (Å²) in [5.74, 6) is 0.873. The Morgan fingerprint density at radius 3 is 3.07 bits per heavy atom. The van der Waals surface area contributed by atoms with E-state index in [1.165, 1.54) is 0 Å². The van der Waals surface area contributed by atoms with Crippen molar-refractivity contribution in [2.24, 2.45) is 5.73 Å². The predicted octanol–water partition coefficient (Wildman–Crippen LogP) is 0.676. The Hall–Kier alpha value is -1.29. The van der Waals surface area contributed by atoms with E-state index in [9.17, 15) is 4.79 Å². The molecule has 1 aromatic heterocycles. The average molecular weight is 196 g/mol. The number of nitrogens with one attached hydrogen (secondary N) is 1. The number of furan rings is 1. The third kappa shape index (κ3) is 4.09. The Balaban J connectivity index is 2.12. The first-order chi connectivity index (χ1) is 6.68. The van der Waals surface area contributed by atoms with Gasteiger partial charge in [0, 0.05) is 25.4 Å². The van der Waals surface area contributed by atoms with Gasteiger partial charge >= 0.3 is 0 Å². The fraction of sp³-hybridized carbons (Fsp3) is 0.500. The fourth-order valence-electron chi connectivity index (χ4n) is 1.14. The average Bonchev–Trinajstić information content (AvgIpc) is 2.55. The van der Waals surface area contributed by atoms with Gasteiger partial charge in [0.1, 0.15) is 5.76 Å². The molecule has 1 aromatic rings. The minimum atomic E-state index is -0.0846. The molecule has 0 saturated carbocycles. The maximum atomic E-state index is 11.2. The lowest BCUT2D eigenvalue weighted by Gasteiger charge is -2.05. The SMILES string of the molecule is CC(N)CC(=O)NCCc1ccco1. The summed E-state index contributed by atoms with van der Waals surface area (Å²) in [4.78, 5) is 11.2. The normalized spacial score (nSPS) is 12.4. The van der Waals surface area contributed by atoms with Gasteiger partial charge in [-0.05, 0) is 19.1 Å². The second-order valence-electron chi connectivity index (χ2n) is 3.36. The molecular weight excluding hydrogens is 180 g/mol. The third-order valence-electron chi connectivity index (χ3n) is 1.78. The molecule has 4 nitrogen and oxygen atoms in total. The molecule has 78 valence electrons. The van der Waals surface area contributed by atoms with E-state index in [1.54, 1.807) is 6.26 Å². The fourth-order valence-corrected chi connectivity index (χ4v) is 1.14. The second kappa shape index (κ2) is 5.44. The van der Waals surface area contributed by atoms with E-state index in [2.05, 4.69) is 5.32 Å². The van der Waals surface area contributed by atoms with E-state index in [0.29, 0.717) is 13.0 Å². The highest BCUT2D eigenvalue weighted by Crippen LogP contribution is 1.99. The Labute approximate surface area is 83.5 Å². The first kappa shape index (κ1) is 10.8. The predicted molar refractivity (Wildman–Crippen MR) is 53.7 cm³/mol. The van der Waals surface area contributed by atoms with E-state index in [-0.39, 0.29) is 11.9 Å². The van der Waals surface area contributed by atoms with Crippen molar-refractivity contribution < 1.29 is 9.21 Å². The quantitative estimate of drug-likeness (QED) is 0.727. The number of nitrogens with two attached hydrogens (primary N) is 1. The van der Waals surface area contributed by atoms with Gasteiger partial charge < -0.3 is 15.5 Å². The van der Waals surface area contributed by atoms with Crippen LogP contribution in [0.5, 0.6) is 0 Å². The van der Waals surface area contributed by atoms with E-state index in [0.717, 1.165) is 12.2 Å². The minimum absolute atomic E-state index is 0.00782. The molecule has 3 N–H and O–H groups in total. The number of hydrogen-bond acceptors (Lipinski definition) is 3. The zero-order chi connectivity index (χ0) is 10.4. The molecule has 0 aliphatic heterocycles.